The van der Waals surface area contributed by atoms with E-state index in [4.69, 9.17) is 4.52 Å². The molecule has 6 nitrogen and oxygen atoms in total. The first-order valence-electron chi connectivity index (χ1n) is 5.49. The van der Waals surface area contributed by atoms with Crippen molar-refractivity contribution in [2.75, 3.05) is 13.2 Å². The molecule has 0 radical (unpaired) electrons. The molecule has 0 aromatic carbocycles. The van der Waals surface area contributed by atoms with Crippen LogP contribution < -0.4 is 0 Å². The Morgan fingerprint density at radius 1 is 1.06 bits per heavy atom. The number of hydrogen-bond acceptors (Lipinski definition) is 5. The average molecular weight is 306 g/mol. The molecule has 0 saturated carbocycles. The number of unbranched alkanes of at least 4 members (excludes halogenated alkanes) is 2. The molecule has 0 aliphatic rings. The number of phosphoric acid groups is 1. The van der Waals surface area contributed by atoms with Gasteiger partial charge in [0.05, 0.1) is 13.2 Å². The molecule has 0 aliphatic heterocycles. The number of rotatable bonds is 10. The normalized spacial score (nSPS) is 18.6. The quantitative estimate of drug-likeness (QED) is 0.363. The molecule has 9 heteroatoms. The highest BCUT2D eigenvalue weighted by molar-refractivity contribution is 8.45. The highest BCUT2D eigenvalue weighted by atomic mass is 32.7. The Morgan fingerprint density at radius 3 is 2.00 bits per heavy atom. The summed E-state index contributed by atoms with van der Waals surface area (Å²) in [6.07, 6.45) is 2.94. The van der Waals surface area contributed by atoms with Crippen molar-refractivity contribution in [3.8, 4) is 0 Å². The van der Waals surface area contributed by atoms with Gasteiger partial charge in [0.15, 0.2) is 0 Å². The molecule has 17 heavy (non-hydrogen) atoms. The van der Waals surface area contributed by atoms with Gasteiger partial charge in [-0.15, -0.1) is 0 Å². The van der Waals surface area contributed by atoms with E-state index in [9.17, 15) is 14.0 Å². The van der Waals surface area contributed by atoms with Gasteiger partial charge in [-0.1, -0.05) is 38.9 Å². The van der Waals surface area contributed by atoms with Crippen molar-refractivity contribution >= 4 is 26.9 Å². The second kappa shape index (κ2) is 8.70. The largest absolute Gasteiger partial charge is 0.480 e. The lowest BCUT2D eigenvalue weighted by Gasteiger charge is -2.16. The molecule has 2 unspecified atom stereocenters. The third-order valence-corrected chi connectivity index (χ3v) is 5.38. The van der Waals surface area contributed by atoms with Gasteiger partial charge >= 0.3 is 14.6 Å². The van der Waals surface area contributed by atoms with Crippen LogP contribution in [0, 0.1) is 0 Å². The van der Waals surface area contributed by atoms with Crippen molar-refractivity contribution in [3.63, 3.8) is 0 Å². The van der Waals surface area contributed by atoms with Crippen LogP contribution in [0.4, 0.5) is 0 Å². The standard InChI is InChI=1S/C8H20O6P2S/c1-3-5-7-12-15(9,10)14-16(11,17)13-8-6-4-2/h3-8H2,1-2H3,(H,9,10)(H,11,17). The van der Waals surface area contributed by atoms with Gasteiger partial charge in [-0.3, -0.25) is 4.52 Å². The van der Waals surface area contributed by atoms with Crippen LogP contribution in [-0.4, -0.2) is 18.1 Å². The summed E-state index contributed by atoms with van der Waals surface area (Å²) in [5.74, 6) is 0. The molecule has 0 spiro atoms. The highest BCUT2D eigenvalue weighted by Gasteiger charge is 2.33. The second-order valence-corrected chi connectivity index (χ2v) is 7.91. The summed E-state index contributed by atoms with van der Waals surface area (Å²) in [5.41, 5.74) is 0. The maximum absolute atomic E-state index is 11.5. The number of hydrogen-bond donors (Lipinski definition) is 2. The maximum atomic E-state index is 11.5. The molecule has 0 aromatic heterocycles. The van der Waals surface area contributed by atoms with Crippen LogP contribution in [0.1, 0.15) is 39.5 Å². The Labute approximate surface area is 107 Å². The van der Waals surface area contributed by atoms with Crippen LogP contribution in [0.25, 0.3) is 0 Å². The molecule has 0 amide bonds. The van der Waals surface area contributed by atoms with Crippen molar-refractivity contribution in [3.05, 3.63) is 0 Å². The zero-order valence-corrected chi connectivity index (χ0v) is 12.8. The summed E-state index contributed by atoms with van der Waals surface area (Å²) >= 11 is 3.60. The minimum Gasteiger partial charge on any atom is -0.302 e. The molecule has 104 valence electrons. The predicted molar refractivity (Wildman–Crippen MR) is 69.2 cm³/mol. The van der Waals surface area contributed by atoms with E-state index in [0.717, 1.165) is 12.8 Å². The van der Waals surface area contributed by atoms with Crippen LogP contribution in [0.15, 0.2) is 0 Å². The minimum absolute atomic E-state index is 0.0625. The average Bonchev–Trinajstić information content (AvgIpc) is 2.16. The molecule has 0 fully saturated rings. The predicted octanol–water partition coefficient (Wildman–Crippen LogP) is 3.77. The van der Waals surface area contributed by atoms with Crippen molar-refractivity contribution in [2.24, 2.45) is 0 Å². The van der Waals surface area contributed by atoms with Gasteiger partial charge < -0.3 is 9.42 Å². The highest BCUT2D eigenvalue weighted by Crippen LogP contribution is 2.65. The zero-order chi connectivity index (χ0) is 13.4. The molecule has 0 heterocycles. The van der Waals surface area contributed by atoms with E-state index in [-0.39, 0.29) is 13.2 Å². The van der Waals surface area contributed by atoms with E-state index in [1.165, 1.54) is 0 Å². The molecule has 1 N–H and O–H groups in total. The van der Waals surface area contributed by atoms with Crippen LogP contribution >= 0.6 is 26.9 Å². The maximum Gasteiger partial charge on any atom is 0.480 e. The Hall–Kier alpha value is 0.650. The first kappa shape index (κ1) is 17.6. The van der Waals surface area contributed by atoms with Gasteiger partial charge in [-0.25, -0.2) is 9.13 Å². The monoisotopic (exact) mass is 306 g/mol. The van der Waals surface area contributed by atoms with Gasteiger partial charge in [-0.2, -0.15) is 4.31 Å². The van der Waals surface area contributed by atoms with Crippen molar-refractivity contribution < 1.29 is 27.4 Å². The molecule has 0 bridgehead atoms. The lowest BCUT2D eigenvalue weighted by atomic mass is 10.4. The SMILES string of the molecule is CCCCOP(=O)(O)OP(=O)(S)OCCCC. The van der Waals surface area contributed by atoms with Crippen molar-refractivity contribution in [1.29, 1.82) is 0 Å². The van der Waals surface area contributed by atoms with E-state index >= 15 is 0 Å². The lowest BCUT2D eigenvalue weighted by molar-refractivity contribution is 0.186. The third kappa shape index (κ3) is 10.3. The fourth-order valence-corrected chi connectivity index (χ4v) is 4.04. The Balaban J connectivity index is 4.09. The molecule has 2 atom stereocenters. The van der Waals surface area contributed by atoms with Crippen molar-refractivity contribution in [1.82, 2.24) is 0 Å². The topological polar surface area (TPSA) is 82.1 Å². The summed E-state index contributed by atoms with van der Waals surface area (Å²) in [6, 6.07) is 0. The van der Waals surface area contributed by atoms with E-state index in [2.05, 4.69) is 21.1 Å². The smallest absolute Gasteiger partial charge is 0.302 e. The van der Waals surface area contributed by atoms with Crippen LogP contribution in [0.2, 0.25) is 0 Å². The Bertz CT molecular complexity index is 270. The second-order valence-electron chi connectivity index (χ2n) is 3.39. The molecule has 0 aliphatic carbocycles. The molecular formula is C8H20O6P2S. The van der Waals surface area contributed by atoms with E-state index in [1.54, 1.807) is 0 Å². The molecular weight excluding hydrogens is 286 g/mol. The number of thiol groups is 1. The first-order chi connectivity index (χ1) is 7.83. The molecule has 0 rings (SSSR count). The van der Waals surface area contributed by atoms with Crippen molar-refractivity contribution in [2.45, 2.75) is 39.5 Å². The first-order valence-corrected chi connectivity index (χ1v) is 9.68. The van der Waals surface area contributed by atoms with Gasteiger partial charge in [0.2, 0.25) is 0 Å². The third-order valence-electron chi connectivity index (χ3n) is 1.71. The van der Waals surface area contributed by atoms with Gasteiger partial charge in [0.25, 0.3) is 0 Å². The molecule has 0 aromatic rings. The lowest BCUT2D eigenvalue weighted by Crippen LogP contribution is -1.97. The summed E-state index contributed by atoms with van der Waals surface area (Å²) in [7, 11) is -4.36. The Morgan fingerprint density at radius 2 is 1.53 bits per heavy atom. The van der Waals surface area contributed by atoms with Gasteiger partial charge in [-0.05, 0) is 12.8 Å². The van der Waals surface area contributed by atoms with Crippen LogP contribution in [0.3, 0.4) is 0 Å². The van der Waals surface area contributed by atoms with Gasteiger partial charge in [0.1, 0.15) is 0 Å². The van der Waals surface area contributed by atoms with E-state index in [1.807, 2.05) is 13.8 Å². The molecule has 0 saturated heterocycles. The fourth-order valence-electron chi connectivity index (χ4n) is 0.826. The minimum atomic E-state index is -4.36. The van der Waals surface area contributed by atoms with E-state index < -0.39 is 14.6 Å². The number of phosphoric ester groups is 1. The fraction of sp³-hybridized carbons (Fsp3) is 1.00. The summed E-state index contributed by atoms with van der Waals surface area (Å²) in [6.45, 7) is 0.221. The zero-order valence-electron chi connectivity index (χ0n) is 10.1. The van der Waals surface area contributed by atoms with E-state index in [0.29, 0.717) is 12.8 Å². The summed E-state index contributed by atoms with van der Waals surface area (Å²) in [5, 5.41) is 0. The summed E-state index contributed by atoms with van der Waals surface area (Å²) < 4.78 is 36.7. The van der Waals surface area contributed by atoms with Crippen LogP contribution in [-0.2, 0) is 22.5 Å². The van der Waals surface area contributed by atoms with Gasteiger partial charge in [0, 0.05) is 0 Å². The summed E-state index contributed by atoms with van der Waals surface area (Å²) in [4.78, 5) is 9.24. The Kier molecular flexibility index (Phi) is 9.03. The van der Waals surface area contributed by atoms with Crippen LogP contribution in [0.5, 0.6) is 0 Å².